The molecule has 2 N–H and O–H groups in total. The van der Waals surface area contributed by atoms with Crippen LogP contribution in [0.3, 0.4) is 0 Å². The van der Waals surface area contributed by atoms with Crippen molar-refractivity contribution in [2.45, 2.75) is 0 Å². The van der Waals surface area contributed by atoms with Crippen LogP contribution in [0.15, 0.2) is 6.07 Å². The minimum Gasteiger partial charge on any atom is -0.368 e. The van der Waals surface area contributed by atoms with Gasteiger partial charge in [0.25, 0.3) is 0 Å². The number of hydrogen-bond acceptors (Lipinski definition) is 5. The van der Waals surface area contributed by atoms with Crippen LogP contribution in [0.1, 0.15) is 0 Å². The molecule has 0 atom stereocenters. The molecule has 0 radical (unpaired) electrons. The summed E-state index contributed by atoms with van der Waals surface area (Å²) in [6.07, 6.45) is 0. The highest BCUT2D eigenvalue weighted by atomic mass is 35.5. The zero-order chi connectivity index (χ0) is 10.8. The van der Waals surface area contributed by atoms with E-state index in [-0.39, 0.29) is 5.95 Å². The Bertz CT molecular complexity index is 370. The van der Waals surface area contributed by atoms with E-state index in [9.17, 15) is 4.21 Å². The molecule has 1 aliphatic rings. The third-order valence-electron chi connectivity index (χ3n) is 2.20. The fourth-order valence-electron chi connectivity index (χ4n) is 1.45. The summed E-state index contributed by atoms with van der Waals surface area (Å²) in [7, 11) is -0.695. The van der Waals surface area contributed by atoms with Gasteiger partial charge in [0.1, 0.15) is 11.0 Å². The number of aromatic nitrogens is 2. The Morgan fingerprint density at radius 2 is 2.07 bits per heavy atom. The van der Waals surface area contributed by atoms with Crippen molar-refractivity contribution < 1.29 is 4.21 Å². The lowest BCUT2D eigenvalue weighted by Gasteiger charge is -2.27. The van der Waals surface area contributed by atoms with Crippen LogP contribution in [0.25, 0.3) is 0 Å². The molecule has 1 saturated heterocycles. The second kappa shape index (κ2) is 4.32. The first-order chi connectivity index (χ1) is 7.15. The number of halogens is 1. The largest absolute Gasteiger partial charge is 0.368 e. The number of anilines is 2. The van der Waals surface area contributed by atoms with Crippen LogP contribution in [-0.4, -0.2) is 38.8 Å². The maximum atomic E-state index is 11.2. The van der Waals surface area contributed by atoms with Gasteiger partial charge in [-0.25, -0.2) is 4.98 Å². The Morgan fingerprint density at radius 1 is 1.40 bits per heavy atom. The summed E-state index contributed by atoms with van der Waals surface area (Å²) in [6.45, 7) is 1.44. The smallest absolute Gasteiger partial charge is 0.223 e. The zero-order valence-corrected chi connectivity index (χ0v) is 9.59. The van der Waals surface area contributed by atoms with Gasteiger partial charge in [-0.05, 0) is 0 Å². The second-order valence-electron chi connectivity index (χ2n) is 3.24. The summed E-state index contributed by atoms with van der Waals surface area (Å²) in [6, 6.07) is 1.67. The van der Waals surface area contributed by atoms with Crippen molar-refractivity contribution in [3.63, 3.8) is 0 Å². The van der Waals surface area contributed by atoms with Crippen molar-refractivity contribution in [3.8, 4) is 0 Å². The molecule has 0 aliphatic carbocycles. The molecule has 0 bridgehead atoms. The molecule has 2 heterocycles. The summed E-state index contributed by atoms with van der Waals surface area (Å²) in [5, 5.41) is 0.337. The minimum atomic E-state index is -0.695. The van der Waals surface area contributed by atoms with Crippen LogP contribution in [0.4, 0.5) is 11.8 Å². The van der Waals surface area contributed by atoms with Crippen molar-refractivity contribution in [1.29, 1.82) is 0 Å². The van der Waals surface area contributed by atoms with Gasteiger partial charge in [0.2, 0.25) is 5.95 Å². The van der Waals surface area contributed by atoms with Crippen LogP contribution in [-0.2, 0) is 10.8 Å². The first kappa shape index (κ1) is 10.6. The van der Waals surface area contributed by atoms with Crippen molar-refractivity contribution in [2.24, 2.45) is 0 Å². The molecule has 1 aliphatic heterocycles. The van der Waals surface area contributed by atoms with Gasteiger partial charge < -0.3 is 10.6 Å². The van der Waals surface area contributed by atoms with Crippen molar-refractivity contribution in [1.82, 2.24) is 9.97 Å². The first-order valence-corrected chi connectivity index (χ1v) is 6.42. The number of nitrogens with zero attached hydrogens (tertiary/aromatic N) is 3. The van der Waals surface area contributed by atoms with Gasteiger partial charge in [0.15, 0.2) is 0 Å². The van der Waals surface area contributed by atoms with Crippen molar-refractivity contribution in [2.75, 3.05) is 35.2 Å². The molecule has 2 rings (SSSR count). The quantitative estimate of drug-likeness (QED) is 0.721. The molecule has 1 aromatic rings. The Kier molecular flexibility index (Phi) is 3.06. The van der Waals surface area contributed by atoms with Crippen LogP contribution in [0, 0.1) is 0 Å². The van der Waals surface area contributed by atoms with Gasteiger partial charge in [0, 0.05) is 41.5 Å². The van der Waals surface area contributed by atoms with E-state index in [0.717, 1.165) is 13.1 Å². The topological polar surface area (TPSA) is 72.1 Å². The molecular weight excluding hydrogens is 236 g/mol. The Morgan fingerprint density at radius 3 is 2.67 bits per heavy atom. The average molecular weight is 247 g/mol. The van der Waals surface area contributed by atoms with Crippen molar-refractivity contribution in [3.05, 3.63) is 11.2 Å². The second-order valence-corrected chi connectivity index (χ2v) is 5.33. The molecule has 1 fully saturated rings. The highest BCUT2D eigenvalue weighted by molar-refractivity contribution is 7.85. The molecule has 7 heteroatoms. The number of rotatable bonds is 1. The number of hydrogen-bond donors (Lipinski definition) is 1. The van der Waals surface area contributed by atoms with Crippen LogP contribution >= 0.6 is 11.6 Å². The lowest BCUT2D eigenvalue weighted by Crippen LogP contribution is -2.38. The van der Waals surface area contributed by atoms with E-state index >= 15 is 0 Å². The van der Waals surface area contributed by atoms with E-state index in [1.807, 2.05) is 4.90 Å². The fourth-order valence-corrected chi connectivity index (χ4v) is 2.69. The van der Waals surface area contributed by atoms with E-state index in [4.69, 9.17) is 17.3 Å². The number of nitrogens with two attached hydrogens (primary N) is 1. The molecule has 15 heavy (non-hydrogen) atoms. The lowest BCUT2D eigenvalue weighted by atomic mass is 10.4. The fraction of sp³-hybridized carbons (Fsp3) is 0.500. The minimum absolute atomic E-state index is 0.171. The molecular formula is C8H11ClN4OS. The monoisotopic (exact) mass is 246 g/mol. The van der Waals surface area contributed by atoms with E-state index in [1.54, 1.807) is 6.07 Å². The molecule has 0 unspecified atom stereocenters. The maximum Gasteiger partial charge on any atom is 0.223 e. The first-order valence-electron chi connectivity index (χ1n) is 4.55. The lowest BCUT2D eigenvalue weighted by molar-refractivity contribution is 0.672. The Hall–Kier alpha value is -0.880. The molecule has 82 valence electrons. The van der Waals surface area contributed by atoms with Gasteiger partial charge in [-0.3, -0.25) is 4.21 Å². The Labute approximate surface area is 95.1 Å². The normalized spacial score (nSPS) is 18.1. The summed E-state index contributed by atoms with van der Waals surface area (Å²) < 4.78 is 11.2. The van der Waals surface area contributed by atoms with Gasteiger partial charge in [-0.15, -0.1) is 0 Å². The third-order valence-corrected chi connectivity index (χ3v) is 3.67. The predicted octanol–water partition coefficient (Wildman–Crippen LogP) is 0.281. The van der Waals surface area contributed by atoms with Gasteiger partial charge in [-0.1, -0.05) is 11.6 Å². The summed E-state index contributed by atoms with van der Waals surface area (Å²) in [5.74, 6) is 2.22. The molecule has 5 nitrogen and oxygen atoms in total. The highest BCUT2D eigenvalue weighted by Gasteiger charge is 2.17. The van der Waals surface area contributed by atoms with E-state index in [2.05, 4.69) is 9.97 Å². The molecule has 1 aromatic heterocycles. The van der Waals surface area contributed by atoms with Crippen LogP contribution in [0.5, 0.6) is 0 Å². The standard InChI is InChI=1S/C8H11ClN4OS/c9-6-5-7(12-8(10)11-6)13-1-3-15(14)4-2-13/h5H,1-4H2,(H2,10,11,12). The van der Waals surface area contributed by atoms with Crippen LogP contribution < -0.4 is 10.6 Å². The molecule has 0 amide bonds. The molecule has 0 aromatic carbocycles. The number of nitrogen functional groups attached to an aromatic ring is 1. The highest BCUT2D eigenvalue weighted by Crippen LogP contribution is 2.18. The van der Waals surface area contributed by atoms with Gasteiger partial charge >= 0.3 is 0 Å². The summed E-state index contributed by atoms with van der Waals surface area (Å²) in [5.41, 5.74) is 5.50. The SMILES string of the molecule is Nc1nc(Cl)cc(N2CCS(=O)CC2)n1. The van der Waals surface area contributed by atoms with Gasteiger partial charge in [0.05, 0.1) is 0 Å². The zero-order valence-electron chi connectivity index (χ0n) is 8.02. The predicted molar refractivity (Wildman–Crippen MR) is 61.5 cm³/mol. The van der Waals surface area contributed by atoms with E-state index in [0.29, 0.717) is 22.5 Å². The maximum absolute atomic E-state index is 11.2. The molecule has 0 saturated carbocycles. The van der Waals surface area contributed by atoms with E-state index in [1.165, 1.54) is 0 Å². The average Bonchev–Trinajstić information content (AvgIpc) is 2.17. The third kappa shape index (κ3) is 2.57. The Balaban J connectivity index is 2.18. The summed E-state index contributed by atoms with van der Waals surface area (Å²) in [4.78, 5) is 9.90. The van der Waals surface area contributed by atoms with Crippen molar-refractivity contribution >= 4 is 34.2 Å². The van der Waals surface area contributed by atoms with Gasteiger partial charge in [-0.2, -0.15) is 4.98 Å². The van der Waals surface area contributed by atoms with E-state index < -0.39 is 10.8 Å². The van der Waals surface area contributed by atoms with Crippen LogP contribution in [0.2, 0.25) is 5.15 Å². The summed E-state index contributed by atoms with van der Waals surface area (Å²) >= 11 is 5.78. The molecule has 0 spiro atoms.